The molecule has 0 spiro atoms. The summed E-state index contributed by atoms with van der Waals surface area (Å²) >= 11 is 0. The van der Waals surface area contributed by atoms with Gasteiger partial charge in [0.2, 0.25) is 0 Å². The zero-order valence-electron chi connectivity index (χ0n) is 13.3. The SMILES string of the molecule is CC(C)Oc1ccc([C@@H](CC2CC2)N2CCNCC2)cc1. The maximum absolute atomic E-state index is 5.76. The minimum absolute atomic E-state index is 0.242. The van der Waals surface area contributed by atoms with Gasteiger partial charge < -0.3 is 10.1 Å². The third-order valence-electron chi connectivity index (χ3n) is 4.48. The zero-order chi connectivity index (χ0) is 14.7. The van der Waals surface area contributed by atoms with E-state index in [-0.39, 0.29) is 6.10 Å². The van der Waals surface area contributed by atoms with Gasteiger partial charge in [0.15, 0.2) is 0 Å². The molecule has 1 saturated heterocycles. The average Bonchev–Trinajstić information content (AvgIpc) is 3.30. The lowest BCUT2D eigenvalue weighted by atomic mass is 9.98. The van der Waals surface area contributed by atoms with Gasteiger partial charge in [0, 0.05) is 32.2 Å². The van der Waals surface area contributed by atoms with Crippen LogP contribution in [-0.2, 0) is 0 Å². The molecule has 1 aliphatic carbocycles. The van der Waals surface area contributed by atoms with E-state index < -0.39 is 0 Å². The van der Waals surface area contributed by atoms with Gasteiger partial charge in [-0.2, -0.15) is 0 Å². The summed E-state index contributed by atoms with van der Waals surface area (Å²) in [7, 11) is 0. The van der Waals surface area contributed by atoms with Crippen LogP contribution < -0.4 is 10.1 Å². The summed E-state index contributed by atoms with van der Waals surface area (Å²) in [4.78, 5) is 2.66. The Labute approximate surface area is 128 Å². The smallest absolute Gasteiger partial charge is 0.119 e. The molecule has 0 amide bonds. The molecule has 3 heteroatoms. The molecule has 0 radical (unpaired) electrons. The van der Waals surface area contributed by atoms with Gasteiger partial charge in [0.1, 0.15) is 5.75 Å². The molecule has 1 saturated carbocycles. The highest BCUT2D eigenvalue weighted by Crippen LogP contribution is 2.40. The highest BCUT2D eigenvalue weighted by atomic mass is 16.5. The van der Waals surface area contributed by atoms with Gasteiger partial charge >= 0.3 is 0 Å². The van der Waals surface area contributed by atoms with Gasteiger partial charge in [-0.3, -0.25) is 4.90 Å². The van der Waals surface area contributed by atoms with Crippen LogP contribution in [0, 0.1) is 5.92 Å². The third-order valence-corrected chi connectivity index (χ3v) is 4.48. The van der Waals surface area contributed by atoms with Gasteiger partial charge in [0.05, 0.1) is 6.10 Å². The van der Waals surface area contributed by atoms with Crippen molar-refractivity contribution in [2.45, 2.75) is 45.3 Å². The Morgan fingerprint density at radius 2 is 1.81 bits per heavy atom. The van der Waals surface area contributed by atoms with Crippen molar-refractivity contribution in [2.75, 3.05) is 26.2 Å². The molecule has 3 nitrogen and oxygen atoms in total. The standard InChI is InChI=1S/C18H28N2O/c1-14(2)21-17-7-5-16(6-8-17)18(13-15-3-4-15)20-11-9-19-10-12-20/h5-8,14-15,18-19H,3-4,9-13H2,1-2H3/t18-/m1/s1. The zero-order valence-corrected chi connectivity index (χ0v) is 13.3. The summed E-state index contributed by atoms with van der Waals surface area (Å²) in [5.41, 5.74) is 1.46. The minimum atomic E-state index is 0.242. The molecular formula is C18H28N2O. The predicted octanol–water partition coefficient (Wildman–Crippen LogP) is 3.22. The Bertz CT molecular complexity index is 433. The predicted molar refractivity (Wildman–Crippen MR) is 86.7 cm³/mol. The Balaban J connectivity index is 1.71. The number of rotatable bonds is 6. The van der Waals surface area contributed by atoms with Crippen LogP contribution in [0.4, 0.5) is 0 Å². The normalized spacial score (nSPS) is 21.5. The average molecular weight is 288 g/mol. The fourth-order valence-corrected chi connectivity index (χ4v) is 3.20. The maximum Gasteiger partial charge on any atom is 0.119 e. The van der Waals surface area contributed by atoms with Crippen LogP contribution in [0.3, 0.4) is 0 Å². The third kappa shape index (κ3) is 4.21. The first-order valence-electron chi connectivity index (χ1n) is 8.44. The fourth-order valence-electron chi connectivity index (χ4n) is 3.20. The summed E-state index contributed by atoms with van der Waals surface area (Å²) in [5.74, 6) is 1.94. The van der Waals surface area contributed by atoms with Crippen molar-refractivity contribution >= 4 is 0 Å². The molecular weight excluding hydrogens is 260 g/mol. The van der Waals surface area contributed by atoms with Gasteiger partial charge in [-0.05, 0) is 43.9 Å². The summed E-state index contributed by atoms with van der Waals surface area (Å²) in [5, 5.41) is 3.46. The van der Waals surface area contributed by atoms with Crippen molar-refractivity contribution in [3.8, 4) is 5.75 Å². The van der Waals surface area contributed by atoms with Crippen LogP contribution in [0.1, 0.15) is 44.7 Å². The van der Waals surface area contributed by atoms with Crippen molar-refractivity contribution in [3.63, 3.8) is 0 Å². The van der Waals surface area contributed by atoms with E-state index in [2.05, 4.69) is 48.3 Å². The molecule has 3 rings (SSSR count). The lowest BCUT2D eigenvalue weighted by molar-refractivity contribution is 0.160. The van der Waals surface area contributed by atoms with E-state index in [4.69, 9.17) is 4.74 Å². The number of ether oxygens (including phenoxy) is 1. The number of nitrogens with one attached hydrogen (secondary N) is 1. The fraction of sp³-hybridized carbons (Fsp3) is 0.667. The van der Waals surface area contributed by atoms with Crippen molar-refractivity contribution in [1.82, 2.24) is 10.2 Å². The van der Waals surface area contributed by atoms with Crippen molar-refractivity contribution in [2.24, 2.45) is 5.92 Å². The first-order chi connectivity index (χ1) is 10.2. The van der Waals surface area contributed by atoms with E-state index in [9.17, 15) is 0 Å². The number of hydrogen-bond donors (Lipinski definition) is 1. The highest BCUT2D eigenvalue weighted by molar-refractivity contribution is 5.29. The summed E-state index contributed by atoms with van der Waals surface area (Å²) in [6.07, 6.45) is 4.42. The van der Waals surface area contributed by atoms with Gasteiger partial charge in [-0.1, -0.05) is 25.0 Å². The van der Waals surface area contributed by atoms with E-state index in [0.717, 1.165) is 24.8 Å². The summed E-state index contributed by atoms with van der Waals surface area (Å²) in [6.45, 7) is 8.73. The van der Waals surface area contributed by atoms with Crippen LogP contribution >= 0.6 is 0 Å². The van der Waals surface area contributed by atoms with E-state index in [1.165, 1.54) is 37.9 Å². The Kier molecular flexibility index (Phi) is 4.81. The molecule has 1 aromatic carbocycles. The first kappa shape index (κ1) is 14.9. The molecule has 0 aromatic heterocycles. The molecule has 1 N–H and O–H groups in total. The lowest BCUT2D eigenvalue weighted by Crippen LogP contribution is -2.45. The molecule has 0 unspecified atom stereocenters. The number of hydrogen-bond acceptors (Lipinski definition) is 3. The minimum Gasteiger partial charge on any atom is -0.491 e. The second kappa shape index (κ2) is 6.80. The number of benzene rings is 1. The van der Waals surface area contributed by atoms with Crippen LogP contribution in [0.25, 0.3) is 0 Å². The van der Waals surface area contributed by atoms with Crippen molar-refractivity contribution in [3.05, 3.63) is 29.8 Å². The van der Waals surface area contributed by atoms with Gasteiger partial charge in [0.25, 0.3) is 0 Å². The highest BCUT2D eigenvalue weighted by Gasteiger charge is 2.30. The molecule has 116 valence electrons. The molecule has 0 bridgehead atoms. The van der Waals surface area contributed by atoms with Crippen LogP contribution in [0.2, 0.25) is 0 Å². The molecule has 2 fully saturated rings. The molecule has 2 aliphatic rings. The van der Waals surface area contributed by atoms with Gasteiger partial charge in [-0.25, -0.2) is 0 Å². The van der Waals surface area contributed by atoms with E-state index in [0.29, 0.717) is 6.04 Å². The van der Waals surface area contributed by atoms with Crippen molar-refractivity contribution in [1.29, 1.82) is 0 Å². The second-order valence-corrected chi connectivity index (χ2v) is 6.72. The quantitative estimate of drug-likeness (QED) is 0.870. The number of nitrogens with zero attached hydrogens (tertiary/aromatic N) is 1. The van der Waals surface area contributed by atoms with E-state index >= 15 is 0 Å². The van der Waals surface area contributed by atoms with Crippen LogP contribution in [-0.4, -0.2) is 37.2 Å². The molecule has 1 heterocycles. The molecule has 1 atom stereocenters. The largest absolute Gasteiger partial charge is 0.491 e. The Morgan fingerprint density at radius 3 is 2.38 bits per heavy atom. The maximum atomic E-state index is 5.76. The molecule has 21 heavy (non-hydrogen) atoms. The Morgan fingerprint density at radius 1 is 1.14 bits per heavy atom. The molecule has 1 aromatic rings. The summed E-state index contributed by atoms with van der Waals surface area (Å²) < 4.78 is 5.76. The van der Waals surface area contributed by atoms with Crippen LogP contribution in [0.5, 0.6) is 5.75 Å². The van der Waals surface area contributed by atoms with Crippen molar-refractivity contribution < 1.29 is 4.74 Å². The van der Waals surface area contributed by atoms with Crippen LogP contribution in [0.15, 0.2) is 24.3 Å². The Hall–Kier alpha value is -1.06. The van der Waals surface area contributed by atoms with Gasteiger partial charge in [-0.15, -0.1) is 0 Å². The monoisotopic (exact) mass is 288 g/mol. The number of piperazine rings is 1. The lowest BCUT2D eigenvalue weighted by Gasteiger charge is -2.35. The summed E-state index contributed by atoms with van der Waals surface area (Å²) in [6, 6.07) is 9.40. The van der Waals surface area contributed by atoms with E-state index in [1.807, 2.05) is 0 Å². The molecule has 1 aliphatic heterocycles. The second-order valence-electron chi connectivity index (χ2n) is 6.72. The first-order valence-corrected chi connectivity index (χ1v) is 8.44. The topological polar surface area (TPSA) is 24.5 Å². The van der Waals surface area contributed by atoms with E-state index in [1.54, 1.807) is 0 Å².